The van der Waals surface area contributed by atoms with Crippen LogP contribution in [0.5, 0.6) is 0 Å². The summed E-state index contributed by atoms with van der Waals surface area (Å²) in [4.78, 5) is 16.8. The van der Waals surface area contributed by atoms with E-state index in [0.717, 1.165) is 11.3 Å². The van der Waals surface area contributed by atoms with Gasteiger partial charge in [0.25, 0.3) is 5.91 Å². The van der Waals surface area contributed by atoms with Crippen molar-refractivity contribution in [1.82, 2.24) is 24.6 Å². The van der Waals surface area contributed by atoms with E-state index in [4.69, 9.17) is 0 Å². The lowest BCUT2D eigenvalue weighted by Gasteiger charge is -2.11. The monoisotopic (exact) mass is 343 g/mol. The summed E-state index contributed by atoms with van der Waals surface area (Å²) in [6.07, 6.45) is 8.84. The first-order chi connectivity index (χ1) is 12.8. The standard InChI is InChI=1S/C20H17N5O/c26-19(22-14-16-7-6-10-21-13-16)18-15-23-25(17-8-2-1-3-9-17)20(18)24-11-4-5-12-24/h1-13,15H,14H2,(H,22,26). The number of rotatable bonds is 5. The second-order valence-electron chi connectivity index (χ2n) is 5.76. The number of pyridine rings is 1. The molecule has 0 aliphatic carbocycles. The highest BCUT2D eigenvalue weighted by atomic mass is 16.1. The molecule has 4 rings (SSSR count). The molecule has 0 aliphatic heterocycles. The molecule has 0 atom stereocenters. The molecule has 1 N–H and O–H groups in total. The molecule has 3 heterocycles. The summed E-state index contributed by atoms with van der Waals surface area (Å²) in [5, 5.41) is 7.38. The Morgan fingerprint density at radius 2 is 1.77 bits per heavy atom. The maximum atomic E-state index is 12.8. The van der Waals surface area contributed by atoms with Crippen molar-refractivity contribution >= 4 is 5.91 Å². The Balaban J connectivity index is 1.68. The zero-order valence-electron chi connectivity index (χ0n) is 14.0. The minimum absolute atomic E-state index is 0.181. The van der Waals surface area contributed by atoms with Gasteiger partial charge in [0.15, 0.2) is 5.82 Å². The molecule has 4 aromatic rings. The van der Waals surface area contributed by atoms with E-state index in [1.54, 1.807) is 23.3 Å². The number of amides is 1. The van der Waals surface area contributed by atoms with E-state index in [-0.39, 0.29) is 5.91 Å². The second kappa shape index (κ2) is 7.06. The minimum Gasteiger partial charge on any atom is -0.348 e. The summed E-state index contributed by atoms with van der Waals surface area (Å²) in [6, 6.07) is 17.3. The Bertz CT molecular complexity index is 991. The molecule has 6 nitrogen and oxygen atoms in total. The molecule has 128 valence electrons. The summed E-state index contributed by atoms with van der Waals surface area (Å²) in [5.41, 5.74) is 2.34. The van der Waals surface area contributed by atoms with E-state index in [1.807, 2.05) is 71.6 Å². The van der Waals surface area contributed by atoms with Gasteiger partial charge in [0.05, 0.1) is 11.9 Å². The fourth-order valence-corrected chi connectivity index (χ4v) is 2.76. The molecule has 0 saturated heterocycles. The number of nitrogens with zero attached hydrogens (tertiary/aromatic N) is 4. The van der Waals surface area contributed by atoms with Gasteiger partial charge in [0.1, 0.15) is 5.56 Å². The largest absolute Gasteiger partial charge is 0.348 e. The lowest BCUT2D eigenvalue weighted by molar-refractivity contribution is 0.0951. The number of nitrogens with one attached hydrogen (secondary N) is 1. The molecule has 1 aromatic carbocycles. The summed E-state index contributed by atoms with van der Waals surface area (Å²) in [6.45, 7) is 0.411. The van der Waals surface area contributed by atoms with Gasteiger partial charge in [-0.3, -0.25) is 9.78 Å². The maximum absolute atomic E-state index is 12.8. The maximum Gasteiger partial charge on any atom is 0.256 e. The van der Waals surface area contributed by atoms with Crippen LogP contribution in [0.4, 0.5) is 0 Å². The molecule has 1 amide bonds. The van der Waals surface area contributed by atoms with Crippen molar-refractivity contribution in [1.29, 1.82) is 0 Å². The average molecular weight is 343 g/mol. The van der Waals surface area contributed by atoms with Gasteiger partial charge in [-0.1, -0.05) is 24.3 Å². The summed E-state index contributed by atoms with van der Waals surface area (Å²) >= 11 is 0. The van der Waals surface area contributed by atoms with Crippen molar-refractivity contribution in [2.45, 2.75) is 6.54 Å². The molecule has 0 aliphatic rings. The van der Waals surface area contributed by atoms with Crippen molar-refractivity contribution in [3.8, 4) is 11.5 Å². The summed E-state index contributed by atoms with van der Waals surface area (Å²) in [7, 11) is 0. The normalized spacial score (nSPS) is 10.6. The molecule has 0 spiro atoms. The molecule has 0 unspecified atom stereocenters. The number of carbonyl (C=O) groups is 1. The molecule has 26 heavy (non-hydrogen) atoms. The molecule has 0 radical (unpaired) electrons. The van der Waals surface area contributed by atoms with Crippen molar-refractivity contribution < 1.29 is 4.79 Å². The van der Waals surface area contributed by atoms with Crippen LogP contribution in [0.15, 0.2) is 85.6 Å². The van der Waals surface area contributed by atoms with Gasteiger partial charge in [-0.15, -0.1) is 0 Å². The Hall–Kier alpha value is -3.67. The van der Waals surface area contributed by atoms with Crippen LogP contribution in [-0.2, 0) is 6.54 Å². The molecule has 3 aromatic heterocycles. The molecule has 0 saturated carbocycles. The number of para-hydroxylation sites is 1. The topological polar surface area (TPSA) is 64.7 Å². The van der Waals surface area contributed by atoms with Crippen LogP contribution in [0, 0.1) is 0 Å². The zero-order chi connectivity index (χ0) is 17.8. The third-order valence-electron chi connectivity index (χ3n) is 4.01. The third kappa shape index (κ3) is 3.12. The van der Waals surface area contributed by atoms with Crippen LogP contribution < -0.4 is 5.32 Å². The zero-order valence-corrected chi connectivity index (χ0v) is 14.0. The SMILES string of the molecule is O=C(NCc1cccnc1)c1cnn(-c2ccccc2)c1-n1cccc1. The fourth-order valence-electron chi connectivity index (χ4n) is 2.76. The highest BCUT2D eigenvalue weighted by Gasteiger charge is 2.19. The second-order valence-corrected chi connectivity index (χ2v) is 5.76. The van der Waals surface area contributed by atoms with E-state index in [0.29, 0.717) is 17.9 Å². The van der Waals surface area contributed by atoms with Gasteiger partial charge in [0.2, 0.25) is 0 Å². The van der Waals surface area contributed by atoms with Crippen molar-refractivity contribution in [3.63, 3.8) is 0 Å². The van der Waals surface area contributed by atoms with E-state index in [2.05, 4.69) is 15.4 Å². The van der Waals surface area contributed by atoms with Crippen LogP contribution in [0.1, 0.15) is 15.9 Å². The Labute approximate surface area is 150 Å². The van der Waals surface area contributed by atoms with Gasteiger partial charge in [-0.25, -0.2) is 4.68 Å². The van der Waals surface area contributed by atoms with Crippen LogP contribution in [-0.4, -0.2) is 25.2 Å². The highest BCUT2D eigenvalue weighted by Crippen LogP contribution is 2.19. The smallest absolute Gasteiger partial charge is 0.256 e. The molecular weight excluding hydrogens is 326 g/mol. The van der Waals surface area contributed by atoms with Gasteiger partial charge >= 0.3 is 0 Å². The highest BCUT2D eigenvalue weighted by molar-refractivity contribution is 5.97. The molecule has 0 fully saturated rings. The third-order valence-corrected chi connectivity index (χ3v) is 4.01. The predicted octanol–water partition coefficient (Wildman–Crippen LogP) is 2.99. The number of benzene rings is 1. The number of hydrogen-bond donors (Lipinski definition) is 1. The minimum atomic E-state index is -0.181. The average Bonchev–Trinajstić information content (AvgIpc) is 3.37. The number of carbonyl (C=O) groups excluding carboxylic acids is 1. The Morgan fingerprint density at radius 3 is 2.50 bits per heavy atom. The van der Waals surface area contributed by atoms with Crippen molar-refractivity contribution in [2.75, 3.05) is 0 Å². The van der Waals surface area contributed by atoms with Crippen LogP contribution >= 0.6 is 0 Å². The van der Waals surface area contributed by atoms with Crippen molar-refractivity contribution in [3.05, 3.63) is 96.7 Å². The Kier molecular flexibility index (Phi) is 4.30. The first-order valence-corrected chi connectivity index (χ1v) is 8.27. The lowest BCUT2D eigenvalue weighted by Crippen LogP contribution is -2.24. The predicted molar refractivity (Wildman–Crippen MR) is 98.3 cm³/mol. The lowest BCUT2D eigenvalue weighted by atomic mass is 10.2. The summed E-state index contributed by atoms with van der Waals surface area (Å²) < 4.78 is 3.65. The quantitative estimate of drug-likeness (QED) is 0.606. The van der Waals surface area contributed by atoms with Gasteiger partial charge in [0, 0.05) is 31.3 Å². The van der Waals surface area contributed by atoms with Crippen LogP contribution in [0.2, 0.25) is 0 Å². The van der Waals surface area contributed by atoms with E-state index in [1.165, 1.54) is 0 Å². The number of hydrogen-bond acceptors (Lipinski definition) is 3. The molecule has 0 bridgehead atoms. The first kappa shape index (κ1) is 15.8. The van der Waals surface area contributed by atoms with Crippen LogP contribution in [0.3, 0.4) is 0 Å². The van der Waals surface area contributed by atoms with Crippen LogP contribution in [0.25, 0.3) is 11.5 Å². The van der Waals surface area contributed by atoms with Crippen molar-refractivity contribution in [2.24, 2.45) is 0 Å². The first-order valence-electron chi connectivity index (χ1n) is 8.27. The van der Waals surface area contributed by atoms with Gasteiger partial charge in [-0.2, -0.15) is 5.10 Å². The number of aromatic nitrogens is 4. The molecular formula is C20H17N5O. The fraction of sp³-hybridized carbons (Fsp3) is 0.0500. The van der Waals surface area contributed by atoms with Gasteiger partial charge in [-0.05, 0) is 35.9 Å². The van der Waals surface area contributed by atoms with E-state index < -0.39 is 0 Å². The molecule has 6 heteroatoms. The Morgan fingerprint density at radius 1 is 0.962 bits per heavy atom. The van der Waals surface area contributed by atoms with Gasteiger partial charge < -0.3 is 9.88 Å². The summed E-state index contributed by atoms with van der Waals surface area (Å²) in [5.74, 6) is 0.518. The van der Waals surface area contributed by atoms with E-state index in [9.17, 15) is 4.79 Å². The van der Waals surface area contributed by atoms with E-state index >= 15 is 0 Å².